The molecule has 1 fully saturated rings. The highest BCUT2D eigenvalue weighted by Gasteiger charge is 2.11. The molecule has 0 atom stereocenters. The maximum absolute atomic E-state index is 10.7. The van der Waals surface area contributed by atoms with Gasteiger partial charge in [-0.2, -0.15) is 0 Å². The lowest BCUT2D eigenvalue weighted by Gasteiger charge is -2.15. The fourth-order valence-electron chi connectivity index (χ4n) is 0.937. The van der Waals surface area contributed by atoms with Gasteiger partial charge in [0, 0.05) is 19.7 Å². The number of ether oxygens (including phenoxy) is 1. The minimum absolute atomic E-state index is 0.148. The van der Waals surface area contributed by atoms with E-state index in [0.717, 1.165) is 19.6 Å². The van der Waals surface area contributed by atoms with E-state index in [1.807, 2.05) is 0 Å². The van der Waals surface area contributed by atoms with Crippen LogP contribution in [-0.2, 0) is 4.74 Å². The zero-order chi connectivity index (χ0) is 7.40. The summed E-state index contributed by atoms with van der Waals surface area (Å²) in [5.41, 5.74) is 0. The molecule has 1 heterocycles. The Kier molecular flexibility index (Phi) is 3.02. The average Bonchev–Trinajstić information content (AvgIpc) is 2.12. The minimum Gasteiger partial charge on any atom is -0.380 e. The first-order valence-electron chi connectivity index (χ1n) is 3.36. The van der Waals surface area contributed by atoms with Gasteiger partial charge in [-0.3, -0.25) is 4.79 Å². The summed E-state index contributed by atoms with van der Waals surface area (Å²) in [6.45, 7) is 2.87. The van der Waals surface area contributed by atoms with Crippen LogP contribution < -0.4 is 0 Å². The molecular weight excluding hydrogens is 150 g/mol. The lowest BCUT2D eigenvalue weighted by Crippen LogP contribution is -2.28. The van der Waals surface area contributed by atoms with Crippen LogP contribution in [0.15, 0.2) is 0 Å². The smallest absolute Gasteiger partial charge is 0.278 e. The van der Waals surface area contributed by atoms with E-state index in [-0.39, 0.29) is 5.24 Å². The van der Waals surface area contributed by atoms with Crippen LogP contribution in [0.4, 0.5) is 4.79 Å². The number of rotatable bonds is 0. The van der Waals surface area contributed by atoms with Crippen molar-refractivity contribution in [3.63, 3.8) is 0 Å². The largest absolute Gasteiger partial charge is 0.380 e. The van der Waals surface area contributed by atoms with E-state index in [2.05, 4.69) is 12.6 Å². The first kappa shape index (κ1) is 7.88. The molecule has 0 aliphatic carbocycles. The fraction of sp³-hybridized carbons (Fsp3) is 0.833. The van der Waals surface area contributed by atoms with E-state index in [9.17, 15) is 4.79 Å². The van der Waals surface area contributed by atoms with E-state index in [4.69, 9.17) is 4.74 Å². The molecule has 10 heavy (non-hydrogen) atoms. The summed E-state index contributed by atoms with van der Waals surface area (Å²) in [5.74, 6) is 0. The lowest BCUT2D eigenvalue weighted by atomic mass is 10.4. The van der Waals surface area contributed by atoms with Crippen LogP contribution in [0.5, 0.6) is 0 Å². The van der Waals surface area contributed by atoms with Gasteiger partial charge in [-0.25, -0.2) is 0 Å². The summed E-state index contributed by atoms with van der Waals surface area (Å²) in [6.07, 6.45) is 0.923. The van der Waals surface area contributed by atoms with Gasteiger partial charge >= 0.3 is 0 Å². The summed E-state index contributed by atoms with van der Waals surface area (Å²) in [7, 11) is 0. The predicted octanol–water partition coefficient (Wildman–Crippen LogP) is 0.758. The SMILES string of the molecule is O=C(S)N1CCCOCC1. The Balaban J connectivity index is 2.35. The Morgan fingerprint density at radius 2 is 2.20 bits per heavy atom. The highest BCUT2D eigenvalue weighted by atomic mass is 32.1. The van der Waals surface area contributed by atoms with Crippen molar-refractivity contribution < 1.29 is 9.53 Å². The number of amides is 1. The third-order valence-corrected chi connectivity index (χ3v) is 1.78. The number of hydrogen-bond acceptors (Lipinski definition) is 2. The van der Waals surface area contributed by atoms with E-state index in [1.165, 1.54) is 0 Å². The van der Waals surface area contributed by atoms with E-state index in [0.29, 0.717) is 13.2 Å². The van der Waals surface area contributed by atoms with Gasteiger partial charge in [0.2, 0.25) is 0 Å². The van der Waals surface area contributed by atoms with Crippen LogP contribution in [0.2, 0.25) is 0 Å². The molecule has 1 saturated heterocycles. The van der Waals surface area contributed by atoms with Crippen LogP contribution >= 0.6 is 12.6 Å². The van der Waals surface area contributed by atoms with Crippen molar-refractivity contribution >= 4 is 17.9 Å². The molecule has 0 aromatic heterocycles. The van der Waals surface area contributed by atoms with Gasteiger partial charge in [0.1, 0.15) is 0 Å². The summed E-state index contributed by atoms with van der Waals surface area (Å²) in [5, 5.41) is -0.148. The third-order valence-electron chi connectivity index (χ3n) is 1.49. The second kappa shape index (κ2) is 3.83. The number of nitrogens with zero attached hydrogens (tertiary/aromatic N) is 1. The topological polar surface area (TPSA) is 29.5 Å². The van der Waals surface area contributed by atoms with Gasteiger partial charge in [0.05, 0.1) is 6.61 Å². The Morgan fingerprint density at radius 3 is 2.90 bits per heavy atom. The van der Waals surface area contributed by atoms with Gasteiger partial charge in [-0.05, 0) is 6.42 Å². The molecule has 1 amide bonds. The quantitative estimate of drug-likeness (QED) is 0.531. The molecular formula is C6H11NO2S. The Bertz CT molecular complexity index is 121. The molecule has 0 spiro atoms. The molecule has 1 aliphatic rings. The van der Waals surface area contributed by atoms with E-state index >= 15 is 0 Å². The maximum Gasteiger partial charge on any atom is 0.278 e. The van der Waals surface area contributed by atoms with Crippen molar-refractivity contribution in [1.29, 1.82) is 0 Å². The van der Waals surface area contributed by atoms with Crippen LogP contribution in [0.1, 0.15) is 6.42 Å². The first-order valence-corrected chi connectivity index (χ1v) is 3.81. The van der Waals surface area contributed by atoms with Gasteiger partial charge < -0.3 is 9.64 Å². The zero-order valence-electron chi connectivity index (χ0n) is 5.75. The van der Waals surface area contributed by atoms with Crippen molar-refractivity contribution in [3.05, 3.63) is 0 Å². The van der Waals surface area contributed by atoms with Crippen LogP contribution in [-0.4, -0.2) is 36.4 Å². The standard InChI is InChI=1S/C6H11NO2S/c8-6(10)7-2-1-4-9-5-3-7/h1-5H2,(H,8,10). The molecule has 0 bridgehead atoms. The molecule has 0 aromatic carbocycles. The number of carbonyl (C=O) groups excluding carboxylic acids is 1. The highest BCUT2D eigenvalue weighted by Crippen LogP contribution is 2.01. The average molecular weight is 161 g/mol. The molecule has 4 heteroatoms. The number of carbonyl (C=O) groups is 1. The Hall–Kier alpha value is -0.220. The first-order chi connectivity index (χ1) is 4.80. The molecule has 0 aromatic rings. The molecule has 1 rings (SSSR count). The lowest BCUT2D eigenvalue weighted by molar-refractivity contribution is 0.145. The second-order valence-electron chi connectivity index (χ2n) is 2.24. The molecule has 1 aliphatic heterocycles. The zero-order valence-corrected chi connectivity index (χ0v) is 6.64. The summed E-state index contributed by atoms with van der Waals surface area (Å²) in [4.78, 5) is 12.4. The highest BCUT2D eigenvalue weighted by molar-refractivity contribution is 7.96. The van der Waals surface area contributed by atoms with Crippen LogP contribution in [0.3, 0.4) is 0 Å². The summed E-state index contributed by atoms with van der Waals surface area (Å²) >= 11 is 3.72. The Morgan fingerprint density at radius 1 is 1.40 bits per heavy atom. The summed E-state index contributed by atoms with van der Waals surface area (Å²) in [6, 6.07) is 0. The second-order valence-corrected chi connectivity index (χ2v) is 2.62. The molecule has 0 saturated carbocycles. The predicted molar refractivity (Wildman–Crippen MR) is 41.4 cm³/mol. The van der Waals surface area contributed by atoms with Crippen molar-refractivity contribution in [3.8, 4) is 0 Å². The normalized spacial score (nSPS) is 20.3. The number of thiol groups is 1. The van der Waals surface area contributed by atoms with E-state index in [1.54, 1.807) is 4.90 Å². The van der Waals surface area contributed by atoms with Gasteiger partial charge in [-0.1, -0.05) is 12.6 Å². The van der Waals surface area contributed by atoms with Gasteiger partial charge in [0.25, 0.3) is 5.24 Å². The van der Waals surface area contributed by atoms with Gasteiger partial charge in [-0.15, -0.1) is 0 Å². The molecule has 58 valence electrons. The van der Waals surface area contributed by atoms with Crippen molar-refractivity contribution in [2.24, 2.45) is 0 Å². The molecule has 0 radical (unpaired) electrons. The van der Waals surface area contributed by atoms with Crippen molar-refractivity contribution in [2.45, 2.75) is 6.42 Å². The molecule has 3 nitrogen and oxygen atoms in total. The molecule has 0 N–H and O–H groups in total. The van der Waals surface area contributed by atoms with Gasteiger partial charge in [0.15, 0.2) is 0 Å². The monoisotopic (exact) mass is 161 g/mol. The minimum atomic E-state index is -0.148. The van der Waals surface area contributed by atoms with Crippen LogP contribution in [0.25, 0.3) is 0 Å². The fourth-order valence-corrected chi connectivity index (χ4v) is 1.14. The van der Waals surface area contributed by atoms with E-state index < -0.39 is 0 Å². The third kappa shape index (κ3) is 2.19. The maximum atomic E-state index is 10.7. The molecule has 0 unspecified atom stereocenters. The Labute approximate surface area is 65.7 Å². The van der Waals surface area contributed by atoms with Crippen molar-refractivity contribution in [2.75, 3.05) is 26.3 Å². The van der Waals surface area contributed by atoms with Crippen molar-refractivity contribution in [1.82, 2.24) is 4.90 Å². The van der Waals surface area contributed by atoms with Crippen LogP contribution in [0, 0.1) is 0 Å². The number of hydrogen-bond donors (Lipinski definition) is 1. The summed E-state index contributed by atoms with van der Waals surface area (Å²) < 4.78 is 5.15.